The van der Waals surface area contributed by atoms with Gasteiger partial charge in [0.1, 0.15) is 11.5 Å². The summed E-state index contributed by atoms with van der Waals surface area (Å²) in [6.45, 7) is 0.433. The lowest BCUT2D eigenvalue weighted by atomic mass is 10.1. The highest BCUT2D eigenvalue weighted by molar-refractivity contribution is 5.92. The summed E-state index contributed by atoms with van der Waals surface area (Å²) in [4.78, 5) is 23.1. The number of amides is 2. The molecule has 0 radical (unpaired) electrons. The molecule has 2 aromatic rings. The molecule has 0 saturated heterocycles. The van der Waals surface area contributed by atoms with Crippen LogP contribution in [-0.4, -0.2) is 25.5 Å². The minimum atomic E-state index is -0.436. The zero-order chi connectivity index (χ0) is 18.1. The van der Waals surface area contributed by atoms with Gasteiger partial charge in [-0.05, 0) is 42.3 Å². The third-order valence-corrected chi connectivity index (χ3v) is 3.53. The molecule has 0 spiro atoms. The summed E-state index contributed by atoms with van der Waals surface area (Å²) in [5.41, 5.74) is 6.54. The van der Waals surface area contributed by atoms with Crippen LogP contribution in [0.5, 0.6) is 11.5 Å². The van der Waals surface area contributed by atoms with E-state index >= 15 is 0 Å². The zero-order valence-corrected chi connectivity index (χ0v) is 14.2. The van der Waals surface area contributed by atoms with Crippen LogP contribution < -0.4 is 20.5 Å². The van der Waals surface area contributed by atoms with E-state index in [1.54, 1.807) is 31.4 Å². The SMILES string of the molecule is COc1ccc(OCCCC(=O)Nc2ccccc2CC(N)=O)cc1. The smallest absolute Gasteiger partial charge is 0.224 e. The number of anilines is 1. The lowest BCUT2D eigenvalue weighted by Gasteiger charge is -2.10. The molecule has 0 aliphatic heterocycles. The number of para-hydroxylation sites is 1. The summed E-state index contributed by atoms with van der Waals surface area (Å²) < 4.78 is 10.7. The Balaban J connectivity index is 1.76. The number of benzene rings is 2. The quantitative estimate of drug-likeness (QED) is 0.685. The Morgan fingerprint density at radius 3 is 2.40 bits per heavy atom. The second kappa shape index (κ2) is 9.32. The van der Waals surface area contributed by atoms with Crippen molar-refractivity contribution in [1.29, 1.82) is 0 Å². The first-order valence-electron chi connectivity index (χ1n) is 8.01. The van der Waals surface area contributed by atoms with Crippen LogP contribution in [0.25, 0.3) is 0 Å². The molecule has 0 aromatic heterocycles. The Bertz CT molecular complexity index is 714. The van der Waals surface area contributed by atoms with Crippen LogP contribution >= 0.6 is 0 Å². The van der Waals surface area contributed by atoms with Gasteiger partial charge in [-0.1, -0.05) is 18.2 Å². The van der Waals surface area contributed by atoms with Crippen molar-refractivity contribution in [3.63, 3.8) is 0 Å². The molecule has 2 rings (SSSR count). The molecular weight excluding hydrogens is 320 g/mol. The van der Waals surface area contributed by atoms with E-state index < -0.39 is 5.91 Å². The summed E-state index contributed by atoms with van der Waals surface area (Å²) in [6, 6.07) is 14.4. The first-order chi connectivity index (χ1) is 12.1. The molecule has 0 aliphatic carbocycles. The number of nitrogens with two attached hydrogens (primary N) is 1. The van der Waals surface area contributed by atoms with E-state index in [2.05, 4.69) is 5.32 Å². The van der Waals surface area contributed by atoms with E-state index in [0.717, 1.165) is 11.5 Å². The fourth-order valence-electron chi connectivity index (χ4n) is 2.29. The number of primary amides is 1. The maximum atomic E-state index is 12.0. The largest absolute Gasteiger partial charge is 0.497 e. The van der Waals surface area contributed by atoms with Crippen molar-refractivity contribution in [2.45, 2.75) is 19.3 Å². The minimum absolute atomic E-state index is 0.0943. The fourth-order valence-corrected chi connectivity index (χ4v) is 2.29. The minimum Gasteiger partial charge on any atom is -0.497 e. The molecule has 0 fully saturated rings. The number of hydrogen-bond donors (Lipinski definition) is 2. The molecule has 0 atom stereocenters. The molecule has 6 heteroatoms. The Hall–Kier alpha value is -3.02. The van der Waals surface area contributed by atoms with E-state index in [4.69, 9.17) is 15.2 Å². The Morgan fingerprint density at radius 2 is 1.72 bits per heavy atom. The van der Waals surface area contributed by atoms with Gasteiger partial charge < -0.3 is 20.5 Å². The highest BCUT2D eigenvalue weighted by Crippen LogP contribution is 2.18. The van der Waals surface area contributed by atoms with Crippen molar-refractivity contribution in [3.8, 4) is 11.5 Å². The normalized spacial score (nSPS) is 10.1. The standard InChI is InChI=1S/C19H22N2O4/c1-24-15-8-10-16(11-9-15)25-12-4-7-19(23)21-17-6-3-2-5-14(17)13-18(20)22/h2-3,5-6,8-11H,4,7,12-13H2,1H3,(H2,20,22)(H,21,23). The number of nitrogens with one attached hydrogen (secondary N) is 1. The zero-order valence-electron chi connectivity index (χ0n) is 14.2. The second-order valence-corrected chi connectivity index (χ2v) is 5.48. The Morgan fingerprint density at radius 1 is 1.04 bits per heavy atom. The monoisotopic (exact) mass is 342 g/mol. The fraction of sp³-hybridized carbons (Fsp3) is 0.263. The molecule has 0 aliphatic rings. The average Bonchev–Trinajstić information content (AvgIpc) is 2.60. The highest BCUT2D eigenvalue weighted by Gasteiger charge is 2.08. The maximum Gasteiger partial charge on any atom is 0.224 e. The van der Waals surface area contributed by atoms with Crippen molar-refractivity contribution in [3.05, 3.63) is 54.1 Å². The molecule has 0 heterocycles. The van der Waals surface area contributed by atoms with Crippen LogP contribution in [0, 0.1) is 0 Å². The number of hydrogen-bond acceptors (Lipinski definition) is 4. The van der Waals surface area contributed by atoms with Gasteiger partial charge in [0.2, 0.25) is 11.8 Å². The number of rotatable bonds is 9. The van der Waals surface area contributed by atoms with E-state index in [0.29, 0.717) is 30.7 Å². The van der Waals surface area contributed by atoms with Crippen molar-refractivity contribution in [1.82, 2.24) is 0 Å². The molecule has 0 unspecified atom stereocenters. The molecular formula is C19H22N2O4. The molecule has 2 aromatic carbocycles. The van der Waals surface area contributed by atoms with E-state index in [9.17, 15) is 9.59 Å². The molecule has 6 nitrogen and oxygen atoms in total. The van der Waals surface area contributed by atoms with Gasteiger partial charge in [-0.2, -0.15) is 0 Å². The summed E-state index contributed by atoms with van der Waals surface area (Å²) in [7, 11) is 1.61. The molecule has 2 amide bonds. The van der Waals surface area contributed by atoms with Crippen molar-refractivity contribution in [2.24, 2.45) is 5.73 Å². The van der Waals surface area contributed by atoms with E-state index in [1.807, 2.05) is 24.3 Å². The molecule has 0 bridgehead atoms. The van der Waals surface area contributed by atoms with Gasteiger partial charge in [-0.15, -0.1) is 0 Å². The van der Waals surface area contributed by atoms with Gasteiger partial charge in [0, 0.05) is 12.1 Å². The van der Waals surface area contributed by atoms with E-state index in [1.165, 1.54) is 0 Å². The predicted molar refractivity (Wildman–Crippen MR) is 95.7 cm³/mol. The summed E-state index contributed by atoms with van der Waals surface area (Å²) in [5, 5.41) is 2.81. The summed E-state index contributed by atoms with van der Waals surface area (Å²) in [5.74, 6) is 0.930. The lowest BCUT2D eigenvalue weighted by Crippen LogP contribution is -2.17. The van der Waals surface area contributed by atoms with Crippen LogP contribution in [0.3, 0.4) is 0 Å². The van der Waals surface area contributed by atoms with E-state index in [-0.39, 0.29) is 12.3 Å². The van der Waals surface area contributed by atoms with Crippen molar-refractivity contribution < 1.29 is 19.1 Å². The third-order valence-electron chi connectivity index (χ3n) is 3.53. The number of carbonyl (C=O) groups excluding carboxylic acids is 2. The van der Waals surface area contributed by atoms with Gasteiger partial charge in [-0.25, -0.2) is 0 Å². The van der Waals surface area contributed by atoms with Gasteiger partial charge in [0.15, 0.2) is 0 Å². The number of carbonyl (C=O) groups is 2. The average molecular weight is 342 g/mol. The van der Waals surface area contributed by atoms with Gasteiger partial charge >= 0.3 is 0 Å². The number of ether oxygens (including phenoxy) is 2. The molecule has 0 saturated carbocycles. The predicted octanol–water partition coefficient (Wildman–Crippen LogP) is 2.52. The second-order valence-electron chi connectivity index (χ2n) is 5.48. The Labute approximate surface area is 146 Å². The Kier molecular flexibility index (Phi) is 6.83. The van der Waals surface area contributed by atoms with Crippen LogP contribution in [0.15, 0.2) is 48.5 Å². The van der Waals surface area contributed by atoms with Gasteiger partial charge in [-0.3, -0.25) is 9.59 Å². The topological polar surface area (TPSA) is 90.7 Å². The van der Waals surface area contributed by atoms with Crippen LogP contribution in [0.1, 0.15) is 18.4 Å². The molecule has 132 valence electrons. The molecule has 3 N–H and O–H groups in total. The first-order valence-corrected chi connectivity index (χ1v) is 8.01. The first kappa shape index (κ1) is 18.3. The third kappa shape index (κ3) is 6.18. The van der Waals surface area contributed by atoms with Gasteiger partial charge in [0.25, 0.3) is 0 Å². The van der Waals surface area contributed by atoms with Crippen molar-refractivity contribution in [2.75, 3.05) is 19.0 Å². The van der Waals surface area contributed by atoms with Crippen LogP contribution in [0.2, 0.25) is 0 Å². The van der Waals surface area contributed by atoms with Crippen molar-refractivity contribution >= 4 is 17.5 Å². The summed E-state index contributed by atoms with van der Waals surface area (Å²) in [6.07, 6.45) is 0.994. The molecule has 25 heavy (non-hydrogen) atoms. The van der Waals surface area contributed by atoms with Gasteiger partial charge in [0.05, 0.1) is 20.1 Å². The van der Waals surface area contributed by atoms with Crippen LogP contribution in [0.4, 0.5) is 5.69 Å². The maximum absolute atomic E-state index is 12.0. The van der Waals surface area contributed by atoms with Crippen LogP contribution in [-0.2, 0) is 16.0 Å². The lowest BCUT2D eigenvalue weighted by molar-refractivity contribution is -0.118. The highest BCUT2D eigenvalue weighted by atomic mass is 16.5. The summed E-state index contributed by atoms with van der Waals surface area (Å²) >= 11 is 0. The number of methoxy groups -OCH3 is 1.